The predicted molar refractivity (Wildman–Crippen MR) is 79.9 cm³/mol. The molecule has 3 nitrogen and oxygen atoms in total. The van der Waals surface area contributed by atoms with Crippen LogP contribution in [-0.4, -0.2) is 32.6 Å². The van der Waals surface area contributed by atoms with Crippen LogP contribution < -0.4 is 4.90 Å². The predicted octanol–water partition coefficient (Wildman–Crippen LogP) is 3.08. The minimum Gasteiger partial charge on any atom is -0.369 e. The van der Waals surface area contributed by atoms with Crippen molar-refractivity contribution in [1.29, 1.82) is 0 Å². The van der Waals surface area contributed by atoms with Crippen LogP contribution in [0.3, 0.4) is 0 Å². The smallest absolute Gasteiger partial charge is 0.180 e. The van der Waals surface area contributed by atoms with E-state index in [0.29, 0.717) is 11.3 Å². The summed E-state index contributed by atoms with van der Waals surface area (Å²) < 4.78 is 24.6. The van der Waals surface area contributed by atoms with Gasteiger partial charge in [0.05, 0.1) is 21.7 Å². The van der Waals surface area contributed by atoms with Crippen LogP contribution in [-0.2, 0) is 9.84 Å². The van der Waals surface area contributed by atoms with E-state index >= 15 is 0 Å². The molecule has 1 fully saturated rings. The number of nitrogens with zero attached hydrogens (tertiary/aromatic N) is 1. The first-order valence-electron chi connectivity index (χ1n) is 6.75. The average molecular weight is 302 g/mol. The maximum atomic E-state index is 12.3. The lowest BCUT2D eigenvalue weighted by atomic mass is 10.1. The normalized spacial score (nSPS) is 20.5. The highest BCUT2D eigenvalue weighted by molar-refractivity contribution is 7.91. The number of hydrogen-bond acceptors (Lipinski definition) is 3. The Balaban J connectivity index is 2.36. The first kappa shape index (κ1) is 14.7. The van der Waals surface area contributed by atoms with Gasteiger partial charge in [-0.15, -0.1) is 11.6 Å². The van der Waals surface area contributed by atoms with E-state index in [9.17, 15) is 8.42 Å². The van der Waals surface area contributed by atoms with E-state index in [2.05, 4.69) is 4.90 Å². The Morgan fingerprint density at radius 3 is 2.79 bits per heavy atom. The van der Waals surface area contributed by atoms with E-state index in [0.717, 1.165) is 31.6 Å². The number of para-hydroxylation sites is 1. The van der Waals surface area contributed by atoms with Gasteiger partial charge in [0.2, 0.25) is 0 Å². The molecule has 1 aromatic rings. The zero-order valence-corrected chi connectivity index (χ0v) is 12.8. The van der Waals surface area contributed by atoms with Crippen molar-refractivity contribution in [2.24, 2.45) is 0 Å². The van der Waals surface area contributed by atoms with E-state index in [4.69, 9.17) is 11.6 Å². The fourth-order valence-corrected chi connectivity index (χ4v) is 4.38. The topological polar surface area (TPSA) is 37.4 Å². The Morgan fingerprint density at radius 2 is 2.11 bits per heavy atom. The molecule has 0 spiro atoms. The third-order valence-corrected chi connectivity index (χ3v) is 5.70. The molecule has 1 atom stereocenters. The van der Waals surface area contributed by atoms with Crippen LogP contribution in [0.1, 0.15) is 26.2 Å². The Morgan fingerprint density at radius 1 is 1.37 bits per heavy atom. The van der Waals surface area contributed by atoms with Crippen molar-refractivity contribution >= 4 is 27.1 Å². The van der Waals surface area contributed by atoms with Crippen molar-refractivity contribution in [2.45, 2.75) is 36.5 Å². The van der Waals surface area contributed by atoms with Crippen LogP contribution >= 0.6 is 11.6 Å². The number of rotatable bonds is 4. The number of alkyl halides is 1. The molecule has 0 bridgehead atoms. The molecular formula is C14H20ClNO2S. The summed E-state index contributed by atoms with van der Waals surface area (Å²) in [5, 5.41) is 0.107. The average Bonchev–Trinajstić information content (AvgIpc) is 2.39. The number of hydrogen-bond donors (Lipinski definition) is 0. The molecule has 1 aliphatic rings. The summed E-state index contributed by atoms with van der Waals surface area (Å²) in [7, 11) is -3.19. The molecule has 5 heteroatoms. The van der Waals surface area contributed by atoms with Crippen molar-refractivity contribution in [2.75, 3.05) is 23.7 Å². The van der Waals surface area contributed by atoms with Gasteiger partial charge in [-0.2, -0.15) is 0 Å². The van der Waals surface area contributed by atoms with Gasteiger partial charge in [0.15, 0.2) is 9.84 Å². The second kappa shape index (κ2) is 6.14. The molecule has 2 rings (SSSR count). The third kappa shape index (κ3) is 3.42. The van der Waals surface area contributed by atoms with Crippen molar-refractivity contribution in [3.05, 3.63) is 24.3 Å². The molecule has 1 saturated heterocycles. The molecule has 1 aromatic carbocycles. The van der Waals surface area contributed by atoms with Gasteiger partial charge < -0.3 is 4.90 Å². The molecule has 0 saturated carbocycles. The van der Waals surface area contributed by atoms with Gasteiger partial charge in [0.1, 0.15) is 0 Å². The Bertz CT molecular complexity index is 530. The maximum absolute atomic E-state index is 12.3. The van der Waals surface area contributed by atoms with E-state index in [1.165, 1.54) is 0 Å². The summed E-state index contributed by atoms with van der Waals surface area (Å²) in [6.45, 7) is 3.48. The second-order valence-electron chi connectivity index (χ2n) is 4.97. The van der Waals surface area contributed by atoms with Crippen LogP contribution in [0.25, 0.3) is 0 Å². The lowest BCUT2D eigenvalue weighted by Gasteiger charge is -2.33. The first-order chi connectivity index (χ1) is 9.04. The summed E-state index contributed by atoms with van der Waals surface area (Å²) in [5.41, 5.74) is 0.807. The van der Waals surface area contributed by atoms with Gasteiger partial charge in [-0.3, -0.25) is 0 Å². The molecule has 0 radical (unpaired) electrons. The van der Waals surface area contributed by atoms with Crippen LogP contribution in [0.2, 0.25) is 0 Å². The van der Waals surface area contributed by atoms with Crippen molar-refractivity contribution < 1.29 is 8.42 Å². The van der Waals surface area contributed by atoms with Crippen LogP contribution in [0.15, 0.2) is 29.2 Å². The number of sulfone groups is 1. The largest absolute Gasteiger partial charge is 0.369 e. The van der Waals surface area contributed by atoms with E-state index in [1.54, 1.807) is 12.1 Å². The van der Waals surface area contributed by atoms with Crippen molar-refractivity contribution in [3.63, 3.8) is 0 Å². The van der Waals surface area contributed by atoms with Gasteiger partial charge in [0, 0.05) is 13.1 Å². The van der Waals surface area contributed by atoms with Crippen LogP contribution in [0.4, 0.5) is 5.69 Å². The molecule has 1 heterocycles. The second-order valence-corrected chi connectivity index (χ2v) is 7.67. The van der Waals surface area contributed by atoms with Gasteiger partial charge >= 0.3 is 0 Å². The third-order valence-electron chi connectivity index (χ3n) is 3.38. The summed E-state index contributed by atoms with van der Waals surface area (Å²) in [5.74, 6) is 0.197. The summed E-state index contributed by atoms with van der Waals surface area (Å²) in [6.07, 6.45) is 2.65. The lowest BCUT2D eigenvalue weighted by molar-refractivity contribution is 0.575. The molecule has 1 unspecified atom stereocenters. The summed E-state index contributed by atoms with van der Waals surface area (Å²) in [6, 6.07) is 7.27. The van der Waals surface area contributed by atoms with E-state index < -0.39 is 9.84 Å². The quantitative estimate of drug-likeness (QED) is 0.802. The fourth-order valence-electron chi connectivity index (χ4n) is 2.50. The standard InChI is InChI=1S/C14H20ClNO2S/c1-2-10-19(17,18)14-8-4-3-7-13(14)16-9-5-6-12(15)11-16/h3-4,7-8,12H,2,5-6,9-11H2,1H3. The van der Waals surface area contributed by atoms with Gasteiger partial charge in [-0.1, -0.05) is 19.1 Å². The minimum absolute atomic E-state index is 0.107. The molecule has 0 N–H and O–H groups in total. The summed E-state index contributed by atoms with van der Waals surface area (Å²) >= 11 is 6.20. The van der Waals surface area contributed by atoms with Crippen molar-refractivity contribution in [1.82, 2.24) is 0 Å². The van der Waals surface area contributed by atoms with Gasteiger partial charge in [0.25, 0.3) is 0 Å². The van der Waals surface area contributed by atoms with E-state index in [-0.39, 0.29) is 11.1 Å². The highest BCUT2D eigenvalue weighted by Gasteiger charge is 2.24. The Hall–Kier alpha value is -0.740. The lowest BCUT2D eigenvalue weighted by Crippen LogP contribution is -2.36. The number of halogens is 1. The van der Waals surface area contributed by atoms with E-state index in [1.807, 2.05) is 19.1 Å². The number of piperidine rings is 1. The van der Waals surface area contributed by atoms with Gasteiger partial charge in [-0.05, 0) is 31.4 Å². The fraction of sp³-hybridized carbons (Fsp3) is 0.571. The highest BCUT2D eigenvalue weighted by atomic mass is 35.5. The molecule has 0 amide bonds. The monoisotopic (exact) mass is 301 g/mol. The minimum atomic E-state index is -3.19. The number of anilines is 1. The number of benzene rings is 1. The SMILES string of the molecule is CCCS(=O)(=O)c1ccccc1N1CCCC(Cl)C1. The molecule has 0 aromatic heterocycles. The highest BCUT2D eigenvalue weighted by Crippen LogP contribution is 2.29. The first-order valence-corrected chi connectivity index (χ1v) is 8.84. The Kier molecular flexibility index (Phi) is 4.74. The molecular weight excluding hydrogens is 282 g/mol. The summed E-state index contributed by atoms with van der Waals surface area (Å²) in [4.78, 5) is 2.55. The van der Waals surface area contributed by atoms with Crippen LogP contribution in [0.5, 0.6) is 0 Å². The Labute approximate surface area is 120 Å². The van der Waals surface area contributed by atoms with Crippen LogP contribution in [0, 0.1) is 0 Å². The van der Waals surface area contributed by atoms with Gasteiger partial charge in [-0.25, -0.2) is 8.42 Å². The molecule has 19 heavy (non-hydrogen) atoms. The zero-order chi connectivity index (χ0) is 13.9. The maximum Gasteiger partial charge on any atom is 0.180 e. The molecule has 1 aliphatic heterocycles. The molecule has 0 aliphatic carbocycles. The van der Waals surface area contributed by atoms with Crippen molar-refractivity contribution in [3.8, 4) is 0 Å². The zero-order valence-electron chi connectivity index (χ0n) is 11.2. The molecule has 106 valence electrons.